The summed E-state index contributed by atoms with van der Waals surface area (Å²) in [7, 11) is 3.72. The molecule has 2 aromatic carbocycles. The van der Waals surface area contributed by atoms with Gasteiger partial charge in [-0.1, -0.05) is 65.8 Å². The van der Waals surface area contributed by atoms with Crippen molar-refractivity contribution in [1.82, 2.24) is 70.1 Å². The average Bonchev–Trinajstić information content (AvgIpc) is 4.28. The van der Waals surface area contributed by atoms with Crippen LogP contribution >= 0.6 is 0 Å². The maximum atomic E-state index is 13.3. The first-order valence-electron chi connectivity index (χ1n) is 27.2. The van der Waals surface area contributed by atoms with Gasteiger partial charge in [0.25, 0.3) is 11.8 Å². The number of aromatic nitrogens is 12. The molecule has 23 heteroatoms. The van der Waals surface area contributed by atoms with E-state index >= 15 is 0 Å². The first kappa shape index (κ1) is 56.0. The van der Waals surface area contributed by atoms with Crippen LogP contribution in [0.5, 0.6) is 0 Å². The molecular weight excluding hydrogens is 1030 g/mol. The second-order valence-corrected chi connectivity index (χ2v) is 22.8. The maximum Gasteiger partial charge on any atom is 0.284 e. The fraction of sp³-hybridized carbons (Fsp3) is 0.431. The smallest absolute Gasteiger partial charge is 0.284 e. The summed E-state index contributed by atoms with van der Waals surface area (Å²) >= 11 is 0. The van der Waals surface area contributed by atoms with Crippen LogP contribution in [0.1, 0.15) is 134 Å². The molecule has 4 aliphatic heterocycles. The van der Waals surface area contributed by atoms with E-state index in [0.29, 0.717) is 55.8 Å². The molecule has 12 rings (SSSR count). The van der Waals surface area contributed by atoms with Gasteiger partial charge in [-0.15, -0.1) is 20.4 Å². The minimum absolute atomic E-state index is 0.0424. The summed E-state index contributed by atoms with van der Waals surface area (Å²) in [6, 6.07) is 16.9. The summed E-state index contributed by atoms with van der Waals surface area (Å²) in [4.78, 5) is 56.7. The Balaban J connectivity index is 0.000000168. The molecule has 2 atom stereocenters. The van der Waals surface area contributed by atoms with Crippen molar-refractivity contribution >= 4 is 40.6 Å². The number of carbonyl (C=O) groups is 3. The van der Waals surface area contributed by atoms with E-state index in [9.17, 15) is 14.4 Å². The quantitative estimate of drug-likeness (QED) is 0.0922. The number of hydrogen-bond acceptors (Lipinski definition) is 21. The lowest BCUT2D eigenvalue weighted by Crippen LogP contribution is -2.48. The molecular formula is C58H68N16O7. The molecule has 3 N–H and O–H groups in total. The molecule has 0 spiro atoms. The van der Waals surface area contributed by atoms with E-state index in [-0.39, 0.29) is 51.8 Å². The lowest BCUT2D eigenvalue weighted by molar-refractivity contribution is -0.140. The SMILES string of the molecule is Cn1cc(Nc2nccc(-c3ccc4c(c3)CN(C3COC3)CC[C@H]4CC(=O)c3nnc(C(C)(C)C)o3)n2)cn1.Cn1cc(Nc2nccc(-c3ccc4c(c3)CNCC[C@H]4CC(=O)c3nnc(C(C)(C)C)o3)n2)cn1.O=C1COC1. The van der Waals surface area contributed by atoms with Crippen molar-refractivity contribution in [1.29, 1.82) is 0 Å². The zero-order valence-corrected chi connectivity index (χ0v) is 47.0. The number of nitrogens with zero attached hydrogens (tertiary/aromatic N) is 13. The molecule has 6 aromatic heterocycles. The van der Waals surface area contributed by atoms with Crippen molar-refractivity contribution in [2.45, 2.75) is 109 Å². The predicted octanol–water partition coefficient (Wildman–Crippen LogP) is 8.00. The highest BCUT2D eigenvalue weighted by Crippen LogP contribution is 2.37. The number of fused-ring (bicyclic) bond motifs is 2. The Bertz CT molecular complexity index is 3510. The van der Waals surface area contributed by atoms with E-state index < -0.39 is 0 Å². The normalized spacial score (nSPS) is 17.4. The summed E-state index contributed by atoms with van der Waals surface area (Å²) in [6.45, 7) is 17.3. The van der Waals surface area contributed by atoms with Crippen LogP contribution in [0.25, 0.3) is 22.5 Å². The second kappa shape index (κ2) is 24.2. The summed E-state index contributed by atoms with van der Waals surface area (Å²) in [5, 5.41) is 34.5. The van der Waals surface area contributed by atoms with E-state index in [1.165, 1.54) is 11.1 Å². The van der Waals surface area contributed by atoms with Crippen LogP contribution in [0, 0.1) is 0 Å². The van der Waals surface area contributed by atoms with Gasteiger partial charge in [-0.25, -0.2) is 19.9 Å². The molecule has 10 heterocycles. The highest BCUT2D eigenvalue weighted by molar-refractivity contribution is 5.92. The van der Waals surface area contributed by atoms with Gasteiger partial charge in [0.1, 0.15) is 13.2 Å². The summed E-state index contributed by atoms with van der Waals surface area (Å²) in [5.41, 5.74) is 9.36. The lowest BCUT2D eigenvalue weighted by atomic mass is 9.87. The molecule has 0 amide bonds. The number of hydrogen-bond donors (Lipinski definition) is 3. The zero-order chi connectivity index (χ0) is 56.8. The number of ether oxygens (including phenoxy) is 2. The number of carbonyl (C=O) groups excluding carboxylic acids is 3. The van der Waals surface area contributed by atoms with Gasteiger partial charge in [-0.05, 0) is 84.3 Å². The van der Waals surface area contributed by atoms with Crippen molar-refractivity contribution in [2.75, 3.05) is 50.2 Å². The molecule has 2 fully saturated rings. The van der Waals surface area contributed by atoms with Gasteiger partial charge in [0, 0.05) is 86.8 Å². The second-order valence-electron chi connectivity index (χ2n) is 22.8. The number of nitrogens with one attached hydrogen (secondary N) is 3. The number of benzene rings is 2. The van der Waals surface area contributed by atoms with Crippen molar-refractivity contribution in [3.8, 4) is 22.5 Å². The number of Topliss-reactive ketones (excluding diaryl/α,β-unsaturated/α-hetero) is 3. The van der Waals surface area contributed by atoms with Crippen molar-refractivity contribution in [2.24, 2.45) is 14.1 Å². The monoisotopic (exact) mass is 1100 g/mol. The number of ketones is 3. The van der Waals surface area contributed by atoms with Gasteiger partial charge >= 0.3 is 0 Å². The van der Waals surface area contributed by atoms with Crippen LogP contribution in [0.4, 0.5) is 23.3 Å². The standard InChI is InChI=1S/C29H34N8O3.C26H30N8O2.C3H4O2/c1-29(2,3)27-35-34-26(40-27)25(38)12-18-8-10-37(22-16-39-17-22)14-20-11-19(5-6-23(18)20)24-7-9-30-28(33-24)32-21-13-31-36(4)15-21;1-26(2,3)24-33-32-23(36-24)22(35)12-16-7-9-27-13-18-11-17(5-6-20(16)18)21-8-10-28-25(31-21)30-19-14-29-34(4)15-19;4-3-1-5-2-3/h5-7,9,11,13,15,18,22H,8,10,12,14,16-17H2,1-4H3,(H,30,32,33);5-6,8,10-11,14-16,27H,7,9,12-13H2,1-4H3,(H,28,30,31);1-2H2/t18-;16-;/m00./s1. The molecule has 23 nitrogen and oxygen atoms in total. The Labute approximate surface area is 469 Å². The topological polar surface area (TPSA) is 274 Å². The highest BCUT2D eigenvalue weighted by atomic mass is 16.5. The van der Waals surface area contributed by atoms with Crippen LogP contribution in [0.2, 0.25) is 0 Å². The van der Waals surface area contributed by atoms with Gasteiger partial charge in [-0.2, -0.15) is 10.2 Å². The predicted molar refractivity (Wildman–Crippen MR) is 299 cm³/mol. The first-order valence-corrected chi connectivity index (χ1v) is 27.2. The lowest BCUT2D eigenvalue weighted by Gasteiger charge is -2.36. The third kappa shape index (κ3) is 14.0. The number of anilines is 4. The molecule has 81 heavy (non-hydrogen) atoms. The molecule has 0 aliphatic carbocycles. The van der Waals surface area contributed by atoms with E-state index in [1.54, 1.807) is 34.2 Å². The Hall–Kier alpha value is -8.25. The van der Waals surface area contributed by atoms with E-state index in [4.69, 9.17) is 18.6 Å². The van der Waals surface area contributed by atoms with E-state index in [2.05, 4.69) is 108 Å². The maximum absolute atomic E-state index is 13.3. The zero-order valence-electron chi connectivity index (χ0n) is 47.0. The van der Waals surface area contributed by atoms with Crippen molar-refractivity contribution in [3.05, 3.63) is 132 Å². The minimum atomic E-state index is -0.309. The van der Waals surface area contributed by atoms with Crippen molar-refractivity contribution < 1.29 is 32.7 Å². The van der Waals surface area contributed by atoms with Crippen LogP contribution in [-0.2, 0) is 52.3 Å². The third-order valence-corrected chi connectivity index (χ3v) is 14.3. The summed E-state index contributed by atoms with van der Waals surface area (Å²) < 4.78 is 24.9. The fourth-order valence-corrected chi connectivity index (χ4v) is 9.69. The van der Waals surface area contributed by atoms with Crippen LogP contribution in [-0.4, -0.2) is 128 Å². The highest BCUT2D eigenvalue weighted by Gasteiger charge is 2.34. The minimum Gasteiger partial charge on any atom is -0.418 e. The fourth-order valence-electron chi connectivity index (χ4n) is 9.69. The average molecular weight is 1100 g/mol. The van der Waals surface area contributed by atoms with E-state index in [0.717, 1.165) is 97.3 Å². The Morgan fingerprint density at radius 2 is 1.17 bits per heavy atom. The summed E-state index contributed by atoms with van der Waals surface area (Å²) in [6.07, 6.45) is 13.0. The third-order valence-electron chi connectivity index (χ3n) is 14.3. The summed E-state index contributed by atoms with van der Waals surface area (Å²) in [5.74, 6) is 2.21. The van der Waals surface area contributed by atoms with Crippen molar-refractivity contribution in [3.63, 3.8) is 0 Å². The van der Waals surface area contributed by atoms with Crippen LogP contribution in [0.3, 0.4) is 0 Å². The largest absolute Gasteiger partial charge is 0.418 e. The molecule has 0 saturated carbocycles. The Morgan fingerprint density at radius 3 is 1.62 bits per heavy atom. The molecule has 2 saturated heterocycles. The van der Waals surface area contributed by atoms with E-state index in [1.807, 2.05) is 80.2 Å². The number of rotatable bonds is 13. The molecule has 0 radical (unpaired) electrons. The van der Waals surface area contributed by atoms with Gasteiger partial charge in [0.05, 0.1) is 54.4 Å². The number of aryl methyl sites for hydroxylation is 2. The van der Waals surface area contributed by atoms with Gasteiger partial charge < -0.3 is 34.3 Å². The Kier molecular flexibility index (Phi) is 16.8. The van der Waals surface area contributed by atoms with Gasteiger partial charge in [-0.3, -0.25) is 28.6 Å². The van der Waals surface area contributed by atoms with Gasteiger partial charge in [0.2, 0.25) is 35.2 Å². The molecule has 0 unspecified atom stereocenters. The Morgan fingerprint density at radius 1 is 0.667 bits per heavy atom. The molecule has 0 bridgehead atoms. The molecule has 8 aromatic rings. The van der Waals surface area contributed by atoms with Gasteiger partial charge in [0.15, 0.2) is 5.78 Å². The van der Waals surface area contributed by atoms with Crippen LogP contribution < -0.4 is 16.0 Å². The molecule has 422 valence electrons. The molecule has 4 aliphatic rings. The van der Waals surface area contributed by atoms with Crippen LogP contribution in [0.15, 0.2) is 94.5 Å². The first-order chi connectivity index (χ1) is 38.9.